The number of fused-ring (bicyclic) bond motifs is 15. The summed E-state index contributed by atoms with van der Waals surface area (Å²) in [6.45, 7) is 0. The summed E-state index contributed by atoms with van der Waals surface area (Å²) in [4.78, 5) is 2.16. The molecular formula is C120H76F2N8S. The van der Waals surface area contributed by atoms with Crippen LogP contribution in [0.15, 0.2) is 459 Å². The second-order valence-corrected chi connectivity index (χ2v) is 34.0. The van der Waals surface area contributed by atoms with Crippen molar-refractivity contribution in [3.63, 3.8) is 0 Å². The fourth-order valence-corrected chi connectivity index (χ4v) is 20.5. The lowest BCUT2D eigenvalue weighted by Crippen LogP contribution is -2.30. The maximum atomic E-state index is 14.5. The lowest BCUT2D eigenvalue weighted by Gasteiger charge is -2.31. The molecule has 0 radical (unpaired) electrons. The van der Waals surface area contributed by atoms with Crippen molar-refractivity contribution in [2.45, 2.75) is 0 Å². The largest absolute Gasteiger partial charge is 0.309 e. The molecule has 5 aromatic heterocycles. The lowest BCUT2D eigenvalue weighted by atomic mass is 9.91. The zero-order chi connectivity index (χ0) is 87.1. The van der Waals surface area contributed by atoms with Gasteiger partial charge in [0, 0.05) is 99.2 Å². The van der Waals surface area contributed by atoms with E-state index in [0.717, 1.165) is 178 Å². The number of aromatic nitrogens is 5. The van der Waals surface area contributed by atoms with Crippen molar-refractivity contribution in [2.24, 2.45) is 4.40 Å². The van der Waals surface area contributed by atoms with E-state index in [1.165, 1.54) is 67.9 Å². The van der Waals surface area contributed by atoms with Crippen LogP contribution in [-0.4, -0.2) is 34.3 Å². The zero-order valence-corrected chi connectivity index (χ0v) is 71.5. The molecular weight excluding hydrogens is 1620 g/mol. The van der Waals surface area contributed by atoms with Crippen molar-refractivity contribution in [3.05, 3.63) is 472 Å². The molecule has 11 heteroatoms. The number of thiol groups is 1. The Balaban J connectivity index is 0.565. The minimum Gasteiger partial charge on any atom is -0.309 e. The molecule has 1 aliphatic rings. The molecule has 0 saturated heterocycles. The summed E-state index contributed by atoms with van der Waals surface area (Å²) in [6.07, 6.45) is 4.09. The smallest absolute Gasteiger partial charge is 0.123 e. The summed E-state index contributed by atoms with van der Waals surface area (Å²) >= 11 is 4.75. The van der Waals surface area contributed by atoms with E-state index in [2.05, 4.69) is 410 Å². The summed E-state index contributed by atoms with van der Waals surface area (Å²) in [5, 5.41) is 21.9. The van der Waals surface area contributed by atoms with E-state index in [1.807, 2.05) is 42.5 Å². The van der Waals surface area contributed by atoms with Crippen LogP contribution in [0.25, 0.3) is 210 Å². The minimum absolute atomic E-state index is 0.220. The number of hydrogen-bond acceptors (Lipinski definition) is 4. The van der Waals surface area contributed by atoms with Crippen molar-refractivity contribution in [3.8, 4) is 95.2 Å². The van der Waals surface area contributed by atoms with Gasteiger partial charge in [0.05, 0.1) is 66.6 Å². The molecule has 616 valence electrons. The normalized spacial score (nSPS) is 12.8. The molecule has 5 heterocycles. The third kappa shape index (κ3) is 12.8. The monoisotopic (exact) mass is 1700 g/mol. The van der Waals surface area contributed by atoms with Crippen LogP contribution in [0, 0.1) is 17.0 Å². The Hall–Kier alpha value is -17.0. The average Bonchev–Trinajstić information content (AvgIpc) is 1.76. The van der Waals surface area contributed by atoms with Gasteiger partial charge < -0.3 is 27.7 Å². The fourth-order valence-electron chi connectivity index (χ4n) is 20.3. The first kappa shape index (κ1) is 76.4. The standard InChI is InChI=1S/C120H76F2N8S/c121-88-47-61-95(62-48-88)129-112-23-11-5-17-102(112)104-65-43-86(73-117(104)129)81-37-51-90(52-38-81)125(91-53-39-82(40-54-91)87-44-66-105-103-18-6-12-24-113(103)130(118(105)74-87)96-63-49-89(122)50-64-96)116-70-67-97(119(123)120(116)124-131)83-41-59-94(60-42-83)128-114-68-45-84(79-29-25-75(26-30-79)77-33-55-92(56-34-77)126-108-19-7-1-13-98(108)99-14-2-8-20-109(99)126)71-106(114)107-72-85(46-69-115(107)128)80-31-27-76(28-32-80)78-35-57-93(58-36-78)127-110-21-9-3-15-100(110)101-16-4-10-22-111(101)127/h1-74,123,131H/b123-119?,124-120-. The molecule has 0 aliphatic heterocycles. The molecule has 0 bridgehead atoms. The molecule has 0 unspecified atom stereocenters. The Morgan fingerprint density at radius 3 is 0.756 bits per heavy atom. The predicted molar refractivity (Wildman–Crippen MR) is 546 cm³/mol. The summed E-state index contributed by atoms with van der Waals surface area (Å²) in [5.41, 5.74) is 33.5. The van der Waals surface area contributed by atoms with Gasteiger partial charge >= 0.3 is 0 Å². The van der Waals surface area contributed by atoms with Gasteiger partial charge in [0.2, 0.25) is 0 Å². The quantitative estimate of drug-likeness (QED) is 0.0780. The van der Waals surface area contributed by atoms with E-state index in [-0.39, 0.29) is 17.3 Å². The van der Waals surface area contributed by atoms with E-state index in [1.54, 1.807) is 0 Å². The lowest BCUT2D eigenvalue weighted by molar-refractivity contribution is 0.627. The summed E-state index contributed by atoms with van der Waals surface area (Å²) in [5.74, 6) is -0.576. The number of benzene rings is 19. The Kier molecular flexibility index (Phi) is 18.1. The number of allylic oxidation sites excluding steroid dienone is 4. The molecule has 24 aromatic rings. The van der Waals surface area contributed by atoms with Gasteiger partial charge in [-0.1, -0.05) is 255 Å². The van der Waals surface area contributed by atoms with Crippen LogP contribution in [0.1, 0.15) is 5.56 Å². The van der Waals surface area contributed by atoms with Crippen LogP contribution in [0.3, 0.4) is 0 Å². The molecule has 0 amide bonds. The van der Waals surface area contributed by atoms with Crippen LogP contribution in [0.2, 0.25) is 0 Å². The Morgan fingerprint density at radius 2 is 0.443 bits per heavy atom. The van der Waals surface area contributed by atoms with Gasteiger partial charge in [-0.25, -0.2) is 13.2 Å². The van der Waals surface area contributed by atoms with Crippen molar-refractivity contribution in [2.75, 3.05) is 4.90 Å². The Morgan fingerprint density at radius 1 is 0.214 bits per heavy atom. The summed E-state index contributed by atoms with van der Waals surface area (Å²) < 4.78 is 45.2. The summed E-state index contributed by atoms with van der Waals surface area (Å²) in [6, 6.07) is 153. The van der Waals surface area contributed by atoms with Gasteiger partial charge in [0.1, 0.15) is 17.3 Å². The molecule has 25 rings (SSSR count). The first-order valence-electron chi connectivity index (χ1n) is 44.0. The van der Waals surface area contributed by atoms with Crippen LogP contribution < -0.4 is 4.90 Å². The molecule has 0 spiro atoms. The number of para-hydroxylation sites is 6. The highest BCUT2D eigenvalue weighted by atomic mass is 32.1. The van der Waals surface area contributed by atoms with Crippen LogP contribution >= 0.6 is 12.8 Å². The third-order valence-electron chi connectivity index (χ3n) is 26.6. The van der Waals surface area contributed by atoms with Gasteiger partial charge in [-0.15, -0.1) is 0 Å². The predicted octanol–water partition coefficient (Wildman–Crippen LogP) is 31.9. The SMILES string of the molecule is N=C1C(c2ccc(-n3c4ccc(-c5ccc(-c6ccc(-n7c8ccccc8c8ccccc87)cc6)cc5)cc4c4cc(-c5ccc(-c6ccc(-n7c8ccccc8c8ccccc87)cc6)cc5)ccc43)cc2)=CC=C(N(c2ccc(-c3ccc4c5ccccc5n(-c5ccc(F)cc5)c4c3)cc2)c2ccc(-c3ccc4c5ccccc5n(-c5ccc(F)cc5)c4c3)cc2)/C1=N/S. The third-order valence-corrected chi connectivity index (χ3v) is 26.8. The highest BCUT2D eigenvalue weighted by Gasteiger charge is 2.30. The second kappa shape index (κ2) is 31.0. The Bertz CT molecular complexity index is 8310. The number of anilines is 2. The van der Waals surface area contributed by atoms with Crippen LogP contribution in [0.4, 0.5) is 20.2 Å². The van der Waals surface area contributed by atoms with E-state index >= 15 is 0 Å². The van der Waals surface area contributed by atoms with Crippen molar-refractivity contribution >= 4 is 150 Å². The topological polar surface area (TPSA) is 64.1 Å². The van der Waals surface area contributed by atoms with Crippen molar-refractivity contribution in [1.82, 2.24) is 22.8 Å². The van der Waals surface area contributed by atoms with Gasteiger partial charge in [-0.3, -0.25) is 5.41 Å². The van der Waals surface area contributed by atoms with Crippen LogP contribution in [-0.2, 0) is 0 Å². The zero-order valence-electron chi connectivity index (χ0n) is 70.6. The molecule has 8 nitrogen and oxygen atoms in total. The molecule has 131 heavy (non-hydrogen) atoms. The highest BCUT2D eigenvalue weighted by molar-refractivity contribution is 7.79. The van der Waals surface area contributed by atoms with Gasteiger partial charge in [-0.05, 0) is 279 Å². The molecule has 1 aliphatic carbocycles. The fraction of sp³-hybridized carbons (Fsp3) is 0. The first-order valence-corrected chi connectivity index (χ1v) is 44.4. The van der Waals surface area contributed by atoms with Crippen LogP contribution in [0.5, 0.6) is 0 Å². The van der Waals surface area contributed by atoms with E-state index in [9.17, 15) is 14.2 Å². The average molecular weight is 1700 g/mol. The maximum absolute atomic E-state index is 14.5. The van der Waals surface area contributed by atoms with Gasteiger partial charge in [0.15, 0.2) is 0 Å². The second-order valence-electron chi connectivity index (χ2n) is 33.8. The first-order chi connectivity index (χ1) is 64.6. The van der Waals surface area contributed by atoms with Gasteiger partial charge in [-0.2, -0.15) is 0 Å². The minimum atomic E-state index is -0.288. The number of rotatable bonds is 15. The molecule has 1 N–H and O–H groups in total. The Labute approximate surface area is 758 Å². The van der Waals surface area contributed by atoms with E-state index < -0.39 is 0 Å². The molecule has 0 saturated carbocycles. The summed E-state index contributed by atoms with van der Waals surface area (Å²) in [7, 11) is 0. The van der Waals surface area contributed by atoms with Crippen molar-refractivity contribution in [1.29, 1.82) is 5.41 Å². The van der Waals surface area contributed by atoms with Crippen molar-refractivity contribution < 1.29 is 8.78 Å². The number of halogens is 2. The molecule has 19 aromatic carbocycles. The number of nitrogens with zero attached hydrogens (tertiary/aromatic N) is 7. The molecule has 0 fully saturated rings. The molecule has 0 atom stereocenters. The number of hydrogen-bond donors (Lipinski definition) is 2. The van der Waals surface area contributed by atoms with E-state index in [4.69, 9.17) is 17.2 Å². The van der Waals surface area contributed by atoms with Gasteiger partial charge in [0.25, 0.3) is 0 Å². The highest BCUT2D eigenvalue weighted by Crippen LogP contribution is 2.45. The number of nitrogens with one attached hydrogen (secondary N) is 1. The maximum Gasteiger partial charge on any atom is 0.123 e. The van der Waals surface area contributed by atoms with E-state index in [0.29, 0.717) is 17.0 Å².